The van der Waals surface area contributed by atoms with Crippen molar-refractivity contribution in [2.45, 2.75) is 26.2 Å². The van der Waals surface area contributed by atoms with Crippen molar-refractivity contribution in [1.82, 2.24) is 5.16 Å². The summed E-state index contributed by atoms with van der Waals surface area (Å²) in [5, 5.41) is 7.12. The first-order chi connectivity index (χ1) is 8.88. The molecule has 0 aliphatic carbocycles. The van der Waals surface area contributed by atoms with Gasteiger partial charge in [-0.15, -0.1) is 0 Å². The van der Waals surface area contributed by atoms with Gasteiger partial charge in [0.2, 0.25) is 0 Å². The summed E-state index contributed by atoms with van der Waals surface area (Å²) in [7, 11) is 0. The molecule has 0 bridgehead atoms. The van der Waals surface area contributed by atoms with Crippen molar-refractivity contribution in [3.05, 3.63) is 46.8 Å². The second kappa shape index (κ2) is 5.05. The normalized spacial score (nSPS) is 11.4. The Balaban J connectivity index is 2.21. The van der Waals surface area contributed by atoms with Gasteiger partial charge in [-0.05, 0) is 24.3 Å². The highest BCUT2D eigenvalue weighted by Gasteiger charge is 2.26. The third-order valence-electron chi connectivity index (χ3n) is 2.60. The number of carbonyl (C=O) groups excluding carboxylic acids is 1. The van der Waals surface area contributed by atoms with E-state index in [1.807, 2.05) is 20.8 Å². The van der Waals surface area contributed by atoms with Gasteiger partial charge >= 0.3 is 0 Å². The maximum absolute atomic E-state index is 12.2. The monoisotopic (exact) mass is 278 g/mol. The fourth-order valence-electron chi connectivity index (χ4n) is 1.67. The molecule has 5 heteroatoms. The Hall–Kier alpha value is -1.81. The zero-order chi connectivity index (χ0) is 14.0. The first-order valence-electron chi connectivity index (χ1n) is 5.90. The molecule has 0 atom stereocenters. The molecule has 1 amide bonds. The Morgan fingerprint density at radius 1 is 1.26 bits per heavy atom. The molecule has 0 aliphatic rings. The van der Waals surface area contributed by atoms with Gasteiger partial charge in [0.05, 0.1) is 6.20 Å². The molecule has 0 radical (unpaired) electrons. The molecule has 2 aromatic rings. The third-order valence-corrected chi connectivity index (χ3v) is 2.85. The minimum atomic E-state index is -0.275. The molecule has 1 heterocycles. The second-order valence-electron chi connectivity index (χ2n) is 5.28. The fourth-order valence-corrected chi connectivity index (χ4v) is 1.80. The molecule has 19 heavy (non-hydrogen) atoms. The molecule has 0 fully saturated rings. The predicted molar refractivity (Wildman–Crippen MR) is 74.6 cm³/mol. The average Bonchev–Trinajstić information content (AvgIpc) is 2.81. The number of anilines is 1. The van der Waals surface area contributed by atoms with Crippen molar-refractivity contribution in [3.8, 4) is 0 Å². The van der Waals surface area contributed by atoms with Gasteiger partial charge < -0.3 is 9.84 Å². The molecule has 1 aromatic heterocycles. The van der Waals surface area contributed by atoms with E-state index in [1.54, 1.807) is 24.3 Å². The van der Waals surface area contributed by atoms with E-state index in [2.05, 4.69) is 10.5 Å². The molecule has 0 unspecified atom stereocenters. The second-order valence-corrected chi connectivity index (χ2v) is 5.72. The van der Waals surface area contributed by atoms with Crippen molar-refractivity contribution in [1.29, 1.82) is 0 Å². The highest BCUT2D eigenvalue weighted by molar-refractivity contribution is 6.30. The lowest BCUT2D eigenvalue weighted by Gasteiger charge is -2.15. The lowest BCUT2D eigenvalue weighted by Crippen LogP contribution is -2.19. The standard InChI is InChI=1S/C14H15ClN2O2/c1-14(2,3)12-11(8-16-19-12)13(18)17-10-6-4-9(15)5-7-10/h4-8H,1-3H3,(H,17,18). The van der Waals surface area contributed by atoms with Crippen LogP contribution < -0.4 is 5.32 Å². The maximum Gasteiger partial charge on any atom is 0.260 e. The van der Waals surface area contributed by atoms with E-state index in [1.165, 1.54) is 6.20 Å². The van der Waals surface area contributed by atoms with Crippen molar-refractivity contribution in [2.24, 2.45) is 0 Å². The summed E-state index contributed by atoms with van der Waals surface area (Å²) in [6, 6.07) is 6.92. The summed E-state index contributed by atoms with van der Waals surface area (Å²) in [5.74, 6) is 0.326. The van der Waals surface area contributed by atoms with Crippen molar-refractivity contribution < 1.29 is 9.32 Å². The largest absolute Gasteiger partial charge is 0.360 e. The van der Waals surface area contributed by atoms with E-state index in [-0.39, 0.29) is 11.3 Å². The van der Waals surface area contributed by atoms with Crippen LogP contribution in [0.5, 0.6) is 0 Å². The van der Waals surface area contributed by atoms with E-state index in [4.69, 9.17) is 16.1 Å². The van der Waals surface area contributed by atoms with Crippen LogP contribution in [0, 0.1) is 0 Å². The van der Waals surface area contributed by atoms with Crippen LogP contribution >= 0.6 is 11.6 Å². The van der Waals surface area contributed by atoms with E-state index in [0.717, 1.165) is 0 Å². The van der Waals surface area contributed by atoms with Gasteiger partial charge in [-0.3, -0.25) is 4.79 Å². The maximum atomic E-state index is 12.2. The SMILES string of the molecule is CC(C)(C)c1oncc1C(=O)Nc1ccc(Cl)cc1. The minimum absolute atomic E-state index is 0.242. The van der Waals surface area contributed by atoms with Crippen LogP contribution in [0.4, 0.5) is 5.69 Å². The smallest absolute Gasteiger partial charge is 0.260 e. The van der Waals surface area contributed by atoms with Gasteiger partial charge in [0.25, 0.3) is 5.91 Å². The number of carbonyl (C=O) groups is 1. The predicted octanol–water partition coefficient (Wildman–Crippen LogP) is 3.88. The Morgan fingerprint density at radius 2 is 1.89 bits per heavy atom. The number of benzene rings is 1. The molecule has 0 spiro atoms. The van der Waals surface area contributed by atoms with Crippen LogP contribution in [0.15, 0.2) is 35.0 Å². The van der Waals surface area contributed by atoms with Crippen LogP contribution in [-0.4, -0.2) is 11.1 Å². The lowest BCUT2D eigenvalue weighted by atomic mass is 9.90. The number of halogens is 1. The van der Waals surface area contributed by atoms with Crippen LogP contribution in [0.25, 0.3) is 0 Å². The summed E-state index contributed by atoms with van der Waals surface area (Å²) >= 11 is 5.80. The number of nitrogens with one attached hydrogen (secondary N) is 1. The van der Waals surface area contributed by atoms with E-state index in [9.17, 15) is 4.79 Å². The summed E-state index contributed by atoms with van der Waals surface area (Å²) in [5.41, 5.74) is 0.848. The third kappa shape index (κ3) is 3.15. The van der Waals surface area contributed by atoms with Crippen LogP contribution in [0.3, 0.4) is 0 Å². The molecular formula is C14H15ClN2O2. The zero-order valence-electron chi connectivity index (χ0n) is 11.0. The Kier molecular flexibility index (Phi) is 3.62. The van der Waals surface area contributed by atoms with Crippen LogP contribution in [-0.2, 0) is 5.41 Å². The summed E-state index contributed by atoms with van der Waals surface area (Å²) < 4.78 is 5.18. The van der Waals surface area contributed by atoms with Gasteiger partial charge in [-0.2, -0.15) is 0 Å². The molecule has 2 rings (SSSR count). The molecule has 4 nitrogen and oxygen atoms in total. The lowest BCUT2D eigenvalue weighted by molar-refractivity contribution is 0.102. The van der Waals surface area contributed by atoms with Gasteiger partial charge in [0, 0.05) is 16.1 Å². The van der Waals surface area contributed by atoms with Gasteiger partial charge in [0.1, 0.15) is 5.56 Å². The number of hydrogen-bond acceptors (Lipinski definition) is 3. The van der Waals surface area contributed by atoms with Gasteiger partial charge in [0.15, 0.2) is 5.76 Å². The van der Waals surface area contributed by atoms with Crippen LogP contribution in [0.2, 0.25) is 5.02 Å². The Morgan fingerprint density at radius 3 is 2.47 bits per heavy atom. The molecule has 1 aromatic carbocycles. The van der Waals surface area contributed by atoms with Crippen molar-refractivity contribution >= 4 is 23.2 Å². The van der Waals surface area contributed by atoms with E-state index in [0.29, 0.717) is 22.0 Å². The molecule has 0 saturated heterocycles. The Labute approximate surface area is 116 Å². The van der Waals surface area contributed by atoms with Gasteiger partial charge in [-0.1, -0.05) is 37.5 Å². The number of rotatable bonds is 2. The summed E-state index contributed by atoms with van der Waals surface area (Å²) in [6.07, 6.45) is 1.44. The van der Waals surface area contributed by atoms with E-state index < -0.39 is 0 Å². The summed E-state index contributed by atoms with van der Waals surface area (Å²) in [4.78, 5) is 12.2. The molecule has 1 N–H and O–H groups in total. The number of amides is 1. The van der Waals surface area contributed by atoms with Crippen LogP contribution in [0.1, 0.15) is 36.9 Å². The zero-order valence-corrected chi connectivity index (χ0v) is 11.8. The quantitative estimate of drug-likeness (QED) is 0.907. The van der Waals surface area contributed by atoms with Crippen molar-refractivity contribution in [2.75, 3.05) is 5.32 Å². The minimum Gasteiger partial charge on any atom is -0.360 e. The highest BCUT2D eigenvalue weighted by Crippen LogP contribution is 2.26. The molecule has 100 valence electrons. The molecule has 0 aliphatic heterocycles. The number of hydrogen-bond donors (Lipinski definition) is 1. The first-order valence-corrected chi connectivity index (χ1v) is 6.28. The first kappa shape index (κ1) is 13.6. The average molecular weight is 279 g/mol. The highest BCUT2D eigenvalue weighted by atomic mass is 35.5. The summed E-state index contributed by atoms with van der Waals surface area (Å²) in [6.45, 7) is 5.89. The topological polar surface area (TPSA) is 55.1 Å². The van der Waals surface area contributed by atoms with Gasteiger partial charge in [-0.25, -0.2) is 0 Å². The van der Waals surface area contributed by atoms with E-state index >= 15 is 0 Å². The number of aromatic nitrogens is 1. The molecular weight excluding hydrogens is 264 g/mol. The molecule has 0 saturated carbocycles. The van der Waals surface area contributed by atoms with Crippen molar-refractivity contribution in [3.63, 3.8) is 0 Å². The number of nitrogens with zero attached hydrogens (tertiary/aromatic N) is 1. The fraction of sp³-hybridized carbons (Fsp3) is 0.286. The Bertz CT molecular complexity index is 582.